The normalized spacial score (nSPS) is 16.6. The molecule has 0 spiro atoms. The Labute approximate surface area is 207 Å². The number of thiophene rings is 1. The molecule has 3 heterocycles. The number of benzene rings is 2. The molecule has 2 aliphatic heterocycles. The van der Waals surface area contributed by atoms with Gasteiger partial charge in [-0.3, -0.25) is 4.79 Å². The fourth-order valence-corrected chi connectivity index (χ4v) is 6.07. The van der Waals surface area contributed by atoms with E-state index in [-0.39, 0.29) is 11.7 Å². The molecule has 0 unspecified atom stereocenters. The fraction of sp³-hybridized carbons (Fsp3) is 0.367. The van der Waals surface area contributed by atoms with Crippen LogP contribution in [-0.4, -0.2) is 32.0 Å². The van der Waals surface area contributed by atoms with Crippen LogP contribution in [-0.2, 0) is 4.79 Å². The lowest BCUT2D eigenvalue weighted by Crippen LogP contribution is -2.17. The molecule has 0 aliphatic carbocycles. The summed E-state index contributed by atoms with van der Waals surface area (Å²) >= 11 is 1.73. The van der Waals surface area contributed by atoms with Crippen molar-refractivity contribution in [1.29, 1.82) is 0 Å². The summed E-state index contributed by atoms with van der Waals surface area (Å²) in [7, 11) is 0. The largest absolute Gasteiger partial charge is 0.372 e. The van der Waals surface area contributed by atoms with Gasteiger partial charge in [-0.1, -0.05) is 36.4 Å². The number of carbonyl (C=O) groups excluding carboxylic acids is 1. The maximum Gasteiger partial charge on any atom is 0.130 e. The van der Waals surface area contributed by atoms with Gasteiger partial charge in [0.25, 0.3) is 0 Å². The first kappa shape index (κ1) is 22.9. The van der Waals surface area contributed by atoms with Gasteiger partial charge < -0.3 is 9.80 Å². The van der Waals surface area contributed by atoms with Crippen LogP contribution < -0.4 is 9.80 Å². The van der Waals surface area contributed by atoms with Gasteiger partial charge in [0.15, 0.2) is 0 Å². The number of carbonyl (C=O) groups is 1. The first-order valence-electron chi connectivity index (χ1n) is 12.6. The lowest BCUT2D eigenvalue weighted by Gasteiger charge is -2.20. The summed E-state index contributed by atoms with van der Waals surface area (Å²) < 4.78 is 0. The number of rotatable bonds is 8. The third-order valence-electron chi connectivity index (χ3n) is 7.08. The van der Waals surface area contributed by atoms with E-state index in [1.807, 2.05) is 0 Å². The smallest absolute Gasteiger partial charge is 0.130 e. The molecule has 0 radical (unpaired) electrons. The molecule has 0 bridgehead atoms. The Kier molecular flexibility index (Phi) is 7.15. The number of ketones is 1. The highest BCUT2D eigenvalue weighted by atomic mass is 32.1. The van der Waals surface area contributed by atoms with Crippen LogP contribution >= 0.6 is 11.3 Å². The number of Topliss-reactive ketones (excluding diaryl/α,β-unsaturated/α-hetero) is 1. The minimum atomic E-state index is 0.0871. The van der Waals surface area contributed by atoms with Gasteiger partial charge in [-0.05, 0) is 85.0 Å². The van der Waals surface area contributed by atoms with E-state index in [1.54, 1.807) is 18.3 Å². The molecule has 2 saturated heterocycles. The Morgan fingerprint density at radius 1 is 0.824 bits per heavy atom. The molecule has 1 aromatic heterocycles. The van der Waals surface area contributed by atoms with Crippen LogP contribution in [0.1, 0.15) is 60.9 Å². The van der Waals surface area contributed by atoms with Gasteiger partial charge in [0.2, 0.25) is 0 Å². The first-order valence-corrected chi connectivity index (χ1v) is 13.5. The molecule has 34 heavy (non-hydrogen) atoms. The second kappa shape index (κ2) is 10.6. The van der Waals surface area contributed by atoms with Crippen LogP contribution in [0.3, 0.4) is 0 Å². The Bertz CT molecular complexity index is 1040. The third kappa shape index (κ3) is 5.28. The molecule has 1 atom stereocenters. The van der Waals surface area contributed by atoms with Gasteiger partial charge >= 0.3 is 0 Å². The Morgan fingerprint density at radius 3 is 1.74 bits per heavy atom. The predicted molar refractivity (Wildman–Crippen MR) is 145 cm³/mol. The summed E-state index contributed by atoms with van der Waals surface area (Å²) in [5, 5.41) is 2.10. The van der Waals surface area contributed by atoms with Gasteiger partial charge in [-0.25, -0.2) is 0 Å². The molecule has 2 aliphatic rings. The first-order chi connectivity index (χ1) is 16.7. The lowest BCUT2D eigenvalue weighted by molar-refractivity contribution is -0.117. The van der Waals surface area contributed by atoms with Gasteiger partial charge in [0.1, 0.15) is 5.78 Å². The van der Waals surface area contributed by atoms with E-state index in [1.165, 1.54) is 58.6 Å². The molecule has 2 fully saturated rings. The maximum absolute atomic E-state index is 12.2. The van der Waals surface area contributed by atoms with E-state index in [0.29, 0.717) is 6.42 Å². The van der Waals surface area contributed by atoms with Crippen molar-refractivity contribution in [3.05, 3.63) is 88.1 Å². The third-order valence-corrected chi connectivity index (χ3v) is 8.09. The quantitative estimate of drug-likeness (QED) is 0.349. The molecular weight excluding hydrogens is 436 g/mol. The highest BCUT2D eigenvalue weighted by Gasteiger charge is 2.18. The fourth-order valence-electron chi connectivity index (χ4n) is 5.27. The van der Waals surface area contributed by atoms with E-state index < -0.39 is 0 Å². The molecule has 0 amide bonds. The van der Waals surface area contributed by atoms with Crippen molar-refractivity contribution < 1.29 is 4.79 Å². The van der Waals surface area contributed by atoms with E-state index in [9.17, 15) is 4.79 Å². The molecule has 0 saturated carbocycles. The van der Waals surface area contributed by atoms with Crippen molar-refractivity contribution in [1.82, 2.24) is 0 Å². The van der Waals surface area contributed by atoms with E-state index in [4.69, 9.17) is 0 Å². The summed E-state index contributed by atoms with van der Waals surface area (Å²) in [6.07, 6.45) is 7.98. The number of hydrogen-bond donors (Lipinski definition) is 0. The highest BCUT2D eigenvalue weighted by Crippen LogP contribution is 2.34. The minimum Gasteiger partial charge on any atom is -0.372 e. The van der Waals surface area contributed by atoms with Crippen LogP contribution in [0.5, 0.6) is 0 Å². The summed E-state index contributed by atoms with van der Waals surface area (Å²) in [5.74, 6) is 0.312. The second-order valence-electron chi connectivity index (χ2n) is 9.59. The molecule has 4 heteroatoms. The molecule has 3 nitrogen and oxygen atoms in total. The molecule has 5 rings (SSSR count). The average molecular weight is 471 g/mol. The Morgan fingerprint density at radius 2 is 1.32 bits per heavy atom. The van der Waals surface area contributed by atoms with Gasteiger partial charge in [-0.15, -0.1) is 11.3 Å². The van der Waals surface area contributed by atoms with Gasteiger partial charge in [-0.2, -0.15) is 0 Å². The summed E-state index contributed by atoms with van der Waals surface area (Å²) in [6.45, 7) is 6.31. The molecular formula is C30H34N2OS. The maximum atomic E-state index is 12.2. The van der Waals surface area contributed by atoms with Crippen LogP contribution in [0, 0.1) is 0 Å². The summed E-state index contributed by atoms with van der Waals surface area (Å²) in [4.78, 5) is 18.3. The monoisotopic (exact) mass is 470 g/mol. The lowest BCUT2D eigenvalue weighted by atomic mass is 9.90. The Hall–Kier alpha value is -2.85. The number of allylic oxidation sites excluding steroid dienone is 1. The van der Waals surface area contributed by atoms with Gasteiger partial charge in [0.05, 0.1) is 0 Å². The van der Waals surface area contributed by atoms with Crippen LogP contribution in [0.2, 0.25) is 0 Å². The van der Waals surface area contributed by atoms with Crippen LogP contribution in [0.15, 0.2) is 72.1 Å². The average Bonchev–Trinajstić information content (AvgIpc) is 3.65. The SMILES string of the molecule is CC(=O)C[C@H](C=C(c1ccc(N2CCCC2)cc1)c1ccc(N2CCCC2)cc1)c1cccs1. The van der Waals surface area contributed by atoms with Crippen molar-refractivity contribution in [2.45, 2.75) is 44.9 Å². The van der Waals surface area contributed by atoms with Crippen molar-refractivity contribution in [3.8, 4) is 0 Å². The van der Waals surface area contributed by atoms with Crippen LogP contribution in [0.25, 0.3) is 5.57 Å². The number of nitrogens with zero attached hydrogens (tertiary/aromatic N) is 2. The highest BCUT2D eigenvalue weighted by molar-refractivity contribution is 7.10. The zero-order chi connectivity index (χ0) is 23.3. The standard InChI is InChI=1S/C30H34N2OS/c1-23(33)21-26(30-7-6-20-34-30)22-29(24-8-12-27(13-9-24)31-16-2-3-17-31)25-10-14-28(15-11-25)32-18-4-5-19-32/h6-15,20,22,26H,2-5,16-19,21H2,1H3/t26-/m1/s1. The second-order valence-corrected chi connectivity index (χ2v) is 10.6. The topological polar surface area (TPSA) is 23.6 Å². The molecule has 3 aromatic rings. The number of anilines is 2. The summed E-state index contributed by atoms with van der Waals surface area (Å²) in [6, 6.07) is 22.3. The van der Waals surface area contributed by atoms with Crippen LogP contribution in [0.4, 0.5) is 11.4 Å². The van der Waals surface area contributed by atoms with E-state index in [2.05, 4.69) is 81.9 Å². The molecule has 2 aromatic carbocycles. The van der Waals surface area contributed by atoms with Crippen molar-refractivity contribution >= 4 is 34.1 Å². The number of hydrogen-bond acceptors (Lipinski definition) is 4. The predicted octanol–water partition coefficient (Wildman–Crippen LogP) is 7.14. The zero-order valence-corrected chi connectivity index (χ0v) is 20.9. The van der Waals surface area contributed by atoms with Crippen molar-refractivity contribution in [2.24, 2.45) is 0 Å². The molecule has 176 valence electrons. The van der Waals surface area contributed by atoms with E-state index in [0.717, 1.165) is 26.2 Å². The van der Waals surface area contributed by atoms with Crippen molar-refractivity contribution in [3.63, 3.8) is 0 Å². The summed E-state index contributed by atoms with van der Waals surface area (Å²) in [5.41, 5.74) is 6.25. The van der Waals surface area contributed by atoms with Crippen molar-refractivity contribution in [2.75, 3.05) is 36.0 Å². The van der Waals surface area contributed by atoms with Gasteiger partial charge in [0, 0.05) is 54.8 Å². The Balaban J connectivity index is 1.51. The molecule has 0 N–H and O–H groups in total. The van der Waals surface area contributed by atoms with E-state index >= 15 is 0 Å². The minimum absolute atomic E-state index is 0.0871. The zero-order valence-electron chi connectivity index (χ0n) is 20.1.